The average Bonchev–Trinajstić information content (AvgIpc) is 2.86. The van der Waals surface area contributed by atoms with Crippen molar-refractivity contribution in [2.45, 2.75) is 6.92 Å². The van der Waals surface area contributed by atoms with Crippen LogP contribution in [0.5, 0.6) is 34.5 Å². The number of methoxy groups -OCH3 is 2. The summed E-state index contributed by atoms with van der Waals surface area (Å²) in [5, 5.41) is 0.272. The number of benzene rings is 3. The Morgan fingerprint density at radius 2 is 1.56 bits per heavy atom. The normalized spacial score (nSPS) is 10.6. The fraction of sp³-hybridized carbons (Fsp3) is 0.154. The molecule has 0 spiro atoms. The van der Waals surface area contributed by atoms with Crippen molar-refractivity contribution < 1.29 is 32.9 Å². The van der Waals surface area contributed by atoms with E-state index in [9.17, 15) is 9.59 Å². The SMILES string of the molecule is CCOc1ccccc1Oc1coc2cc(OC(=O)c3cc(OC)cc(OC)c3)ccc2c1=O. The van der Waals surface area contributed by atoms with Crippen molar-refractivity contribution >= 4 is 16.9 Å². The maximum absolute atomic E-state index is 12.9. The number of rotatable bonds is 8. The first kappa shape index (κ1) is 22.7. The number of hydrogen-bond donors (Lipinski definition) is 0. The van der Waals surface area contributed by atoms with Crippen LogP contribution in [0.3, 0.4) is 0 Å². The average molecular weight is 462 g/mol. The summed E-state index contributed by atoms with van der Waals surface area (Å²) in [6, 6.07) is 16.2. The quantitative estimate of drug-likeness (QED) is 0.260. The Hall–Kier alpha value is -4.46. The van der Waals surface area contributed by atoms with Gasteiger partial charge in [-0.15, -0.1) is 0 Å². The van der Waals surface area contributed by atoms with E-state index in [2.05, 4.69) is 0 Å². The molecular formula is C26H22O8. The molecule has 0 aliphatic rings. The van der Waals surface area contributed by atoms with Gasteiger partial charge < -0.3 is 28.1 Å². The van der Waals surface area contributed by atoms with Gasteiger partial charge >= 0.3 is 5.97 Å². The highest BCUT2D eigenvalue weighted by Crippen LogP contribution is 2.31. The maximum atomic E-state index is 12.9. The molecule has 34 heavy (non-hydrogen) atoms. The van der Waals surface area contributed by atoms with Crippen LogP contribution in [-0.2, 0) is 0 Å². The lowest BCUT2D eigenvalue weighted by atomic mass is 10.2. The van der Waals surface area contributed by atoms with Crippen molar-refractivity contribution in [3.8, 4) is 34.5 Å². The second-order valence-electron chi connectivity index (χ2n) is 7.06. The van der Waals surface area contributed by atoms with Gasteiger partial charge in [-0.2, -0.15) is 0 Å². The lowest BCUT2D eigenvalue weighted by Gasteiger charge is -2.11. The van der Waals surface area contributed by atoms with Gasteiger partial charge in [0, 0.05) is 12.1 Å². The lowest BCUT2D eigenvalue weighted by molar-refractivity contribution is 0.0734. The topological polar surface area (TPSA) is 93.4 Å². The number of esters is 1. The zero-order valence-corrected chi connectivity index (χ0v) is 18.8. The third-order valence-corrected chi connectivity index (χ3v) is 4.88. The highest BCUT2D eigenvalue weighted by Gasteiger charge is 2.16. The van der Waals surface area contributed by atoms with Crippen LogP contribution in [0.15, 0.2) is 76.1 Å². The summed E-state index contributed by atoms with van der Waals surface area (Å²) in [6.45, 7) is 2.31. The van der Waals surface area contributed by atoms with Crippen LogP contribution in [0.25, 0.3) is 11.0 Å². The Kier molecular flexibility index (Phi) is 6.68. The Bertz CT molecular complexity index is 1370. The summed E-state index contributed by atoms with van der Waals surface area (Å²) in [7, 11) is 2.98. The van der Waals surface area contributed by atoms with Gasteiger partial charge in [0.05, 0.1) is 31.8 Å². The number of ether oxygens (including phenoxy) is 5. The minimum absolute atomic E-state index is 0.00729. The van der Waals surface area contributed by atoms with Crippen LogP contribution in [0, 0.1) is 0 Å². The Morgan fingerprint density at radius 1 is 0.853 bits per heavy atom. The van der Waals surface area contributed by atoms with Crippen LogP contribution in [0.1, 0.15) is 17.3 Å². The molecule has 1 heterocycles. The molecule has 0 aliphatic heterocycles. The van der Waals surface area contributed by atoms with E-state index in [0.29, 0.717) is 29.6 Å². The zero-order chi connectivity index (χ0) is 24.1. The van der Waals surface area contributed by atoms with Crippen molar-refractivity contribution in [1.29, 1.82) is 0 Å². The lowest BCUT2D eigenvalue weighted by Crippen LogP contribution is -2.10. The van der Waals surface area contributed by atoms with Crippen molar-refractivity contribution in [3.05, 3.63) is 82.7 Å². The van der Waals surface area contributed by atoms with Gasteiger partial charge in [-0.1, -0.05) is 12.1 Å². The molecule has 0 bridgehead atoms. The second kappa shape index (κ2) is 9.99. The molecule has 174 valence electrons. The summed E-state index contributed by atoms with van der Waals surface area (Å²) in [4.78, 5) is 25.6. The van der Waals surface area contributed by atoms with Gasteiger partial charge in [0.15, 0.2) is 11.5 Å². The molecule has 4 aromatic rings. The number of hydrogen-bond acceptors (Lipinski definition) is 8. The summed E-state index contributed by atoms with van der Waals surface area (Å²) >= 11 is 0. The van der Waals surface area contributed by atoms with Gasteiger partial charge in [0.2, 0.25) is 11.2 Å². The third kappa shape index (κ3) is 4.80. The minimum Gasteiger partial charge on any atom is -0.497 e. The van der Waals surface area contributed by atoms with E-state index in [1.54, 1.807) is 24.3 Å². The van der Waals surface area contributed by atoms with Gasteiger partial charge in [0.25, 0.3) is 0 Å². The monoisotopic (exact) mass is 462 g/mol. The zero-order valence-electron chi connectivity index (χ0n) is 18.8. The standard InChI is InChI=1S/C26H22O8/c1-4-31-21-7-5-6-8-22(21)34-24-15-32-23-14-17(9-10-20(23)25(24)27)33-26(28)16-11-18(29-2)13-19(12-16)30-3/h5-15H,4H2,1-3H3. The largest absolute Gasteiger partial charge is 0.497 e. The predicted molar refractivity (Wildman–Crippen MR) is 125 cm³/mol. The molecule has 8 heteroatoms. The molecule has 8 nitrogen and oxygen atoms in total. The van der Waals surface area contributed by atoms with Crippen molar-refractivity contribution in [1.82, 2.24) is 0 Å². The predicted octanol–water partition coefficient (Wildman–Crippen LogP) is 5.22. The summed E-state index contributed by atoms with van der Waals surface area (Å²) < 4.78 is 32.7. The molecule has 0 amide bonds. The van der Waals surface area contributed by atoms with Crippen LogP contribution in [0.4, 0.5) is 0 Å². The molecule has 3 aromatic carbocycles. The Morgan fingerprint density at radius 3 is 2.24 bits per heavy atom. The fourth-order valence-corrected chi connectivity index (χ4v) is 3.24. The molecule has 1 aromatic heterocycles. The molecule has 4 rings (SSSR count). The first-order valence-electron chi connectivity index (χ1n) is 10.4. The molecular weight excluding hydrogens is 440 g/mol. The first-order chi connectivity index (χ1) is 16.5. The van der Waals surface area contributed by atoms with Crippen LogP contribution in [0.2, 0.25) is 0 Å². The third-order valence-electron chi connectivity index (χ3n) is 4.88. The van der Waals surface area contributed by atoms with Crippen molar-refractivity contribution in [3.63, 3.8) is 0 Å². The smallest absolute Gasteiger partial charge is 0.343 e. The van der Waals surface area contributed by atoms with Crippen LogP contribution >= 0.6 is 0 Å². The molecule has 0 atom stereocenters. The molecule has 0 unspecified atom stereocenters. The summed E-state index contributed by atoms with van der Waals surface area (Å²) in [6.07, 6.45) is 1.21. The number of para-hydroxylation sites is 2. The number of carbonyl (C=O) groups excluding carboxylic acids is 1. The Balaban J connectivity index is 1.59. The Labute approximate surface area is 195 Å². The fourth-order valence-electron chi connectivity index (χ4n) is 3.24. The van der Waals surface area contributed by atoms with Gasteiger partial charge in [-0.3, -0.25) is 4.79 Å². The van der Waals surface area contributed by atoms with E-state index in [1.165, 1.54) is 50.8 Å². The van der Waals surface area contributed by atoms with E-state index in [0.717, 1.165) is 0 Å². The second-order valence-corrected chi connectivity index (χ2v) is 7.06. The van der Waals surface area contributed by atoms with E-state index < -0.39 is 5.97 Å². The van der Waals surface area contributed by atoms with E-state index >= 15 is 0 Å². The van der Waals surface area contributed by atoms with E-state index in [1.807, 2.05) is 13.0 Å². The minimum atomic E-state index is -0.619. The van der Waals surface area contributed by atoms with Crippen molar-refractivity contribution in [2.75, 3.05) is 20.8 Å². The summed E-state index contributed by atoms with van der Waals surface area (Å²) in [5.41, 5.74) is 0.112. The van der Waals surface area contributed by atoms with Gasteiger partial charge in [-0.05, 0) is 43.3 Å². The van der Waals surface area contributed by atoms with E-state index in [-0.39, 0.29) is 33.5 Å². The molecule has 0 saturated carbocycles. The summed E-state index contributed by atoms with van der Waals surface area (Å²) in [5.74, 6) is 1.41. The number of carbonyl (C=O) groups is 1. The number of fused-ring (bicyclic) bond motifs is 1. The van der Waals surface area contributed by atoms with Crippen LogP contribution < -0.4 is 29.1 Å². The highest BCUT2D eigenvalue weighted by molar-refractivity contribution is 5.92. The molecule has 0 radical (unpaired) electrons. The van der Waals surface area contributed by atoms with Gasteiger partial charge in [-0.25, -0.2) is 4.79 Å². The molecule has 0 aliphatic carbocycles. The molecule has 0 fully saturated rings. The van der Waals surface area contributed by atoms with Crippen molar-refractivity contribution in [2.24, 2.45) is 0 Å². The highest BCUT2D eigenvalue weighted by atomic mass is 16.5. The van der Waals surface area contributed by atoms with Crippen LogP contribution in [-0.4, -0.2) is 26.8 Å². The molecule has 0 N–H and O–H groups in total. The van der Waals surface area contributed by atoms with Gasteiger partial charge in [0.1, 0.15) is 29.1 Å². The van der Waals surface area contributed by atoms with E-state index in [4.69, 9.17) is 28.1 Å². The maximum Gasteiger partial charge on any atom is 0.343 e. The molecule has 0 saturated heterocycles. The first-order valence-corrected chi connectivity index (χ1v) is 10.4.